The number of hydrogen-bond donors (Lipinski definition) is 4. The average molecular weight is 551 g/mol. The van der Waals surface area contributed by atoms with Gasteiger partial charge in [-0.15, -0.1) is 0 Å². The molecule has 2 rings (SSSR count). The van der Waals surface area contributed by atoms with E-state index in [1.165, 1.54) is 17.5 Å². The highest BCUT2D eigenvalue weighted by Crippen LogP contribution is 2.17. The smallest absolute Gasteiger partial charge is 0.242 e. The maximum Gasteiger partial charge on any atom is 0.242 e. The molecule has 2 aromatic rings. The molecule has 0 saturated carbocycles. The molecule has 0 aliphatic heterocycles. The first-order valence-corrected chi connectivity index (χ1v) is 13.9. The summed E-state index contributed by atoms with van der Waals surface area (Å²) in [6.45, 7) is 1.80. The molecular formula is C30H38N4O4S. The molecule has 0 aliphatic carbocycles. The van der Waals surface area contributed by atoms with Crippen molar-refractivity contribution < 1.29 is 19.1 Å². The molecule has 8 nitrogen and oxygen atoms in total. The second-order valence-electron chi connectivity index (χ2n) is 8.39. The van der Waals surface area contributed by atoms with Gasteiger partial charge in [0.05, 0.1) is 25.8 Å². The number of amides is 2. The highest BCUT2D eigenvalue weighted by Gasteiger charge is 2.19. The molecule has 0 aliphatic rings. The summed E-state index contributed by atoms with van der Waals surface area (Å²) in [5.74, 6) is 11.6. The zero-order valence-corrected chi connectivity index (χ0v) is 23.4. The third kappa shape index (κ3) is 14.4. The summed E-state index contributed by atoms with van der Waals surface area (Å²) in [5.41, 5.74) is 2.32. The quantitative estimate of drug-likeness (QED) is 0.136. The predicted octanol–water partition coefficient (Wildman–Crippen LogP) is 2.09. The molecule has 9 heteroatoms. The SMILES string of the molecule is CNCC(=O)N[C@@H](CCSN[C@H](COCC#CC#CCOCCc1ccccc1)c1ccccc1)C(=O)NC. The van der Waals surface area contributed by atoms with Gasteiger partial charge in [0.15, 0.2) is 0 Å². The van der Waals surface area contributed by atoms with Crippen molar-refractivity contribution in [2.75, 3.05) is 52.8 Å². The number of rotatable bonds is 17. The van der Waals surface area contributed by atoms with Crippen molar-refractivity contribution in [3.8, 4) is 23.7 Å². The van der Waals surface area contributed by atoms with Gasteiger partial charge in [-0.05, 0) is 42.9 Å². The lowest BCUT2D eigenvalue weighted by atomic mass is 10.1. The summed E-state index contributed by atoms with van der Waals surface area (Å²) in [6, 6.07) is 19.5. The second-order valence-corrected chi connectivity index (χ2v) is 9.32. The lowest BCUT2D eigenvalue weighted by Crippen LogP contribution is -2.48. The minimum absolute atomic E-state index is 0.0700. The van der Waals surface area contributed by atoms with Crippen LogP contribution in [0.15, 0.2) is 60.7 Å². The minimum Gasteiger partial charge on any atom is -0.368 e. The first-order chi connectivity index (χ1) is 19.1. The van der Waals surface area contributed by atoms with Crippen molar-refractivity contribution in [1.29, 1.82) is 0 Å². The van der Waals surface area contributed by atoms with Crippen molar-refractivity contribution in [2.45, 2.75) is 24.9 Å². The lowest BCUT2D eigenvalue weighted by molar-refractivity contribution is -0.128. The van der Waals surface area contributed by atoms with E-state index in [0.29, 0.717) is 32.0 Å². The number of likely N-dealkylation sites (N-methyl/N-ethyl adjacent to an activating group) is 2. The molecule has 0 fully saturated rings. The predicted molar refractivity (Wildman–Crippen MR) is 157 cm³/mol. The summed E-state index contributed by atoms with van der Waals surface area (Å²) in [7, 11) is 3.24. The third-order valence-electron chi connectivity index (χ3n) is 5.42. The molecule has 2 amide bonds. The molecule has 0 spiro atoms. The molecule has 4 N–H and O–H groups in total. The average Bonchev–Trinajstić information content (AvgIpc) is 2.97. The van der Waals surface area contributed by atoms with Crippen LogP contribution in [0.5, 0.6) is 0 Å². The number of hydrogen-bond acceptors (Lipinski definition) is 7. The van der Waals surface area contributed by atoms with Gasteiger partial charge in [0.2, 0.25) is 11.8 Å². The van der Waals surface area contributed by atoms with Crippen LogP contribution in [-0.4, -0.2) is 70.7 Å². The molecule has 0 heterocycles. The van der Waals surface area contributed by atoms with E-state index in [-0.39, 0.29) is 31.0 Å². The molecule has 0 radical (unpaired) electrons. The monoisotopic (exact) mass is 550 g/mol. The highest BCUT2D eigenvalue weighted by molar-refractivity contribution is 7.97. The Balaban J connectivity index is 1.72. The van der Waals surface area contributed by atoms with Crippen LogP contribution in [0, 0.1) is 23.7 Å². The van der Waals surface area contributed by atoms with Gasteiger partial charge in [0.25, 0.3) is 0 Å². The summed E-state index contributed by atoms with van der Waals surface area (Å²) < 4.78 is 14.7. The van der Waals surface area contributed by atoms with E-state index in [4.69, 9.17) is 9.47 Å². The zero-order chi connectivity index (χ0) is 28.0. The fraction of sp³-hybridized carbons (Fsp3) is 0.400. The summed E-state index contributed by atoms with van der Waals surface area (Å²) in [6.07, 6.45) is 1.34. The fourth-order valence-electron chi connectivity index (χ4n) is 3.42. The molecular weight excluding hydrogens is 512 g/mol. The topological polar surface area (TPSA) is 101 Å². The Labute approximate surface area is 236 Å². The van der Waals surface area contributed by atoms with Crippen molar-refractivity contribution in [3.05, 3.63) is 71.8 Å². The first kappa shape index (κ1) is 31.9. The summed E-state index contributed by atoms with van der Waals surface area (Å²) in [5, 5.41) is 8.14. The van der Waals surface area contributed by atoms with E-state index in [1.54, 1.807) is 14.1 Å². The Bertz CT molecular complexity index is 1090. The maximum absolute atomic E-state index is 12.1. The van der Waals surface area contributed by atoms with E-state index in [2.05, 4.69) is 56.5 Å². The Hall–Kier alpha value is -3.31. The van der Waals surface area contributed by atoms with Gasteiger partial charge in [-0.1, -0.05) is 84.5 Å². The Morgan fingerprint density at radius 1 is 0.923 bits per heavy atom. The van der Waals surface area contributed by atoms with E-state index in [0.717, 1.165) is 12.0 Å². The van der Waals surface area contributed by atoms with Crippen LogP contribution in [0.2, 0.25) is 0 Å². The van der Waals surface area contributed by atoms with Crippen LogP contribution in [0.25, 0.3) is 0 Å². The van der Waals surface area contributed by atoms with E-state index < -0.39 is 6.04 Å². The number of benzene rings is 2. The van der Waals surface area contributed by atoms with Crippen molar-refractivity contribution in [1.82, 2.24) is 20.7 Å². The van der Waals surface area contributed by atoms with Crippen molar-refractivity contribution >= 4 is 23.8 Å². The minimum atomic E-state index is -0.595. The van der Waals surface area contributed by atoms with E-state index >= 15 is 0 Å². The number of ether oxygens (including phenoxy) is 2. The van der Waals surface area contributed by atoms with Crippen LogP contribution in [0.3, 0.4) is 0 Å². The van der Waals surface area contributed by atoms with Gasteiger partial charge in [-0.3, -0.25) is 14.3 Å². The molecule has 2 aromatic carbocycles. The normalized spacial score (nSPS) is 11.7. The fourth-order valence-corrected chi connectivity index (χ4v) is 4.29. The van der Waals surface area contributed by atoms with E-state index in [1.807, 2.05) is 48.5 Å². The van der Waals surface area contributed by atoms with Gasteiger partial charge < -0.3 is 25.4 Å². The Morgan fingerprint density at radius 3 is 2.26 bits per heavy atom. The van der Waals surface area contributed by atoms with Crippen LogP contribution < -0.4 is 20.7 Å². The van der Waals surface area contributed by atoms with Gasteiger partial charge in [-0.25, -0.2) is 0 Å². The zero-order valence-electron chi connectivity index (χ0n) is 22.6. The van der Waals surface area contributed by atoms with Gasteiger partial charge in [0.1, 0.15) is 19.3 Å². The molecule has 0 bridgehead atoms. The summed E-state index contributed by atoms with van der Waals surface area (Å²) in [4.78, 5) is 24.0. The second kappa shape index (κ2) is 20.6. The molecule has 0 saturated heterocycles. The van der Waals surface area contributed by atoms with Gasteiger partial charge in [-0.2, -0.15) is 0 Å². The maximum atomic E-state index is 12.1. The first-order valence-electron chi connectivity index (χ1n) is 12.9. The third-order valence-corrected chi connectivity index (χ3v) is 6.31. The molecule has 0 aromatic heterocycles. The highest BCUT2D eigenvalue weighted by atomic mass is 32.2. The molecule has 0 unspecified atom stereocenters. The molecule has 208 valence electrons. The van der Waals surface area contributed by atoms with E-state index in [9.17, 15) is 9.59 Å². The number of carbonyl (C=O) groups is 2. The Morgan fingerprint density at radius 2 is 1.59 bits per heavy atom. The van der Waals surface area contributed by atoms with Crippen LogP contribution in [0.1, 0.15) is 23.6 Å². The lowest BCUT2D eigenvalue weighted by Gasteiger charge is -2.20. The standard InChI is InChI=1S/C30H38N4O4S/c1-31-23-29(35)33-27(30(36)32-2)18-22-39-34-28(26-15-9-6-10-16-26)24-38-20-12-4-3-11-19-37-21-17-25-13-7-5-8-14-25/h5-10,13-16,27-28,31,34H,17-24H2,1-2H3,(H,32,36)(H,33,35)/t27-,28+/m0/s1. The summed E-state index contributed by atoms with van der Waals surface area (Å²) >= 11 is 1.48. The van der Waals surface area contributed by atoms with Gasteiger partial charge >= 0.3 is 0 Å². The number of carbonyl (C=O) groups excluding carboxylic acids is 2. The van der Waals surface area contributed by atoms with Crippen LogP contribution in [-0.2, 0) is 25.5 Å². The Kier molecular flexibility index (Phi) is 16.9. The largest absolute Gasteiger partial charge is 0.368 e. The van der Waals surface area contributed by atoms with Gasteiger partial charge in [0, 0.05) is 12.8 Å². The molecule has 39 heavy (non-hydrogen) atoms. The number of nitrogens with one attached hydrogen (secondary N) is 4. The van der Waals surface area contributed by atoms with Crippen LogP contribution >= 0.6 is 11.9 Å². The van der Waals surface area contributed by atoms with Crippen LogP contribution in [0.4, 0.5) is 0 Å². The van der Waals surface area contributed by atoms with Crippen molar-refractivity contribution in [3.63, 3.8) is 0 Å². The molecule has 2 atom stereocenters. The van der Waals surface area contributed by atoms with Crippen molar-refractivity contribution in [2.24, 2.45) is 0 Å².